The molecule has 0 saturated carbocycles. The van der Waals surface area contributed by atoms with Crippen LogP contribution in [-0.4, -0.2) is 26.5 Å². The number of sulfonamides is 1. The van der Waals surface area contributed by atoms with E-state index in [0.717, 1.165) is 9.87 Å². The second kappa shape index (κ2) is 8.08. The standard InChI is InChI=1S/C17H17Cl2NO4S/c1-20(25(23,24)15-10-5-8-13(18)17(15)19)14-9-3-2-6-12(14)7-4-11-16(21)22/h2-3,5-6,8-10H,4,7,11H2,1H3,(H,21,22). The van der Waals surface area contributed by atoms with E-state index in [9.17, 15) is 13.2 Å². The van der Waals surface area contributed by atoms with Gasteiger partial charge in [0.1, 0.15) is 4.90 Å². The molecule has 0 spiro atoms. The predicted molar refractivity (Wildman–Crippen MR) is 99.1 cm³/mol. The van der Waals surface area contributed by atoms with Gasteiger partial charge in [-0.25, -0.2) is 8.42 Å². The van der Waals surface area contributed by atoms with E-state index in [1.807, 2.05) is 0 Å². The molecule has 1 N–H and O–H groups in total. The van der Waals surface area contributed by atoms with E-state index < -0.39 is 16.0 Å². The van der Waals surface area contributed by atoms with Crippen molar-refractivity contribution in [2.45, 2.75) is 24.2 Å². The normalized spacial score (nSPS) is 11.3. The summed E-state index contributed by atoms with van der Waals surface area (Å²) < 4.78 is 27.0. The highest BCUT2D eigenvalue weighted by molar-refractivity contribution is 7.93. The van der Waals surface area contributed by atoms with E-state index >= 15 is 0 Å². The molecule has 0 amide bonds. The molecule has 25 heavy (non-hydrogen) atoms. The molecule has 0 aromatic heterocycles. The van der Waals surface area contributed by atoms with Crippen LogP contribution in [0.1, 0.15) is 18.4 Å². The van der Waals surface area contributed by atoms with Crippen molar-refractivity contribution in [2.24, 2.45) is 0 Å². The molecule has 0 saturated heterocycles. The lowest BCUT2D eigenvalue weighted by Gasteiger charge is -2.23. The number of benzene rings is 2. The molecule has 0 bridgehead atoms. The average molecular weight is 402 g/mol. The van der Waals surface area contributed by atoms with Crippen molar-refractivity contribution < 1.29 is 18.3 Å². The summed E-state index contributed by atoms with van der Waals surface area (Å²) in [6.45, 7) is 0. The van der Waals surface area contributed by atoms with Gasteiger partial charge < -0.3 is 5.11 Å². The van der Waals surface area contributed by atoms with Crippen molar-refractivity contribution in [3.05, 3.63) is 58.1 Å². The first-order valence-electron chi connectivity index (χ1n) is 7.48. The Hall–Kier alpha value is -1.76. The van der Waals surface area contributed by atoms with Crippen LogP contribution in [0.2, 0.25) is 10.0 Å². The number of aliphatic carboxylic acids is 1. The van der Waals surface area contributed by atoms with Crippen LogP contribution in [-0.2, 0) is 21.2 Å². The molecule has 2 rings (SSSR count). The van der Waals surface area contributed by atoms with Gasteiger partial charge in [0.15, 0.2) is 0 Å². The molecule has 134 valence electrons. The largest absolute Gasteiger partial charge is 0.481 e. The zero-order chi connectivity index (χ0) is 18.6. The Bertz CT molecular complexity index is 884. The zero-order valence-electron chi connectivity index (χ0n) is 13.4. The number of para-hydroxylation sites is 1. The highest BCUT2D eigenvalue weighted by Gasteiger charge is 2.26. The van der Waals surface area contributed by atoms with Gasteiger partial charge in [-0.15, -0.1) is 0 Å². The Morgan fingerprint density at radius 1 is 1.12 bits per heavy atom. The molecule has 2 aromatic carbocycles. The molecule has 0 heterocycles. The van der Waals surface area contributed by atoms with Crippen molar-refractivity contribution >= 4 is 44.9 Å². The van der Waals surface area contributed by atoms with Crippen molar-refractivity contribution in [2.75, 3.05) is 11.4 Å². The minimum absolute atomic E-state index is 0.0188. The molecule has 8 heteroatoms. The highest BCUT2D eigenvalue weighted by atomic mass is 35.5. The van der Waals surface area contributed by atoms with Crippen LogP contribution in [0.15, 0.2) is 47.4 Å². The van der Waals surface area contributed by atoms with Crippen LogP contribution in [0.25, 0.3) is 0 Å². The van der Waals surface area contributed by atoms with Gasteiger partial charge in [0, 0.05) is 13.5 Å². The highest BCUT2D eigenvalue weighted by Crippen LogP contribution is 2.33. The first-order valence-corrected chi connectivity index (χ1v) is 9.67. The molecular weight excluding hydrogens is 385 g/mol. The Morgan fingerprint density at radius 3 is 2.48 bits per heavy atom. The smallest absolute Gasteiger partial charge is 0.303 e. The monoisotopic (exact) mass is 401 g/mol. The molecule has 0 radical (unpaired) electrons. The summed E-state index contributed by atoms with van der Waals surface area (Å²) in [5, 5.41) is 8.90. The lowest BCUT2D eigenvalue weighted by Crippen LogP contribution is -2.27. The first-order chi connectivity index (χ1) is 11.7. The Labute approximate surface area is 156 Å². The van der Waals surface area contributed by atoms with Crippen molar-refractivity contribution in [1.82, 2.24) is 0 Å². The lowest BCUT2D eigenvalue weighted by atomic mass is 10.1. The minimum atomic E-state index is -3.91. The molecule has 0 aliphatic rings. The number of carboxylic acid groups (broad SMARTS) is 1. The Kier molecular flexibility index (Phi) is 6.32. The van der Waals surface area contributed by atoms with Gasteiger partial charge in [0.25, 0.3) is 10.0 Å². The number of anilines is 1. The van der Waals surface area contributed by atoms with E-state index in [0.29, 0.717) is 18.5 Å². The molecule has 5 nitrogen and oxygen atoms in total. The van der Waals surface area contributed by atoms with Gasteiger partial charge in [-0.05, 0) is 36.6 Å². The fraction of sp³-hybridized carbons (Fsp3) is 0.235. The second-order valence-electron chi connectivity index (χ2n) is 5.40. The fourth-order valence-electron chi connectivity index (χ4n) is 2.42. The maximum atomic E-state index is 12.9. The van der Waals surface area contributed by atoms with Gasteiger partial charge in [0.05, 0.1) is 15.7 Å². The van der Waals surface area contributed by atoms with Crippen LogP contribution < -0.4 is 4.31 Å². The number of carboxylic acids is 1. The molecule has 0 aliphatic heterocycles. The maximum absolute atomic E-state index is 12.9. The third-order valence-corrected chi connectivity index (χ3v) is 6.47. The van der Waals surface area contributed by atoms with Gasteiger partial charge in [-0.1, -0.05) is 47.5 Å². The van der Waals surface area contributed by atoms with Gasteiger partial charge in [-0.3, -0.25) is 9.10 Å². The quantitative estimate of drug-likeness (QED) is 0.752. The second-order valence-corrected chi connectivity index (χ2v) is 8.12. The molecule has 0 fully saturated rings. The molecular formula is C17H17Cl2NO4S. The number of hydrogen-bond donors (Lipinski definition) is 1. The summed E-state index contributed by atoms with van der Waals surface area (Å²) in [7, 11) is -2.48. The molecule has 2 aromatic rings. The SMILES string of the molecule is CN(c1ccccc1CCCC(=O)O)S(=O)(=O)c1cccc(Cl)c1Cl. The van der Waals surface area contributed by atoms with Crippen molar-refractivity contribution in [3.63, 3.8) is 0 Å². The summed E-state index contributed by atoms with van der Waals surface area (Å²) in [5.41, 5.74) is 1.22. The van der Waals surface area contributed by atoms with E-state index in [1.54, 1.807) is 24.3 Å². The fourth-order valence-corrected chi connectivity index (χ4v) is 4.39. The Balaban J connectivity index is 2.38. The van der Waals surface area contributed by atoms with Crippen LogP contribution in [0.5, 0.6) is 0 Å². The van der Waals surface area contributed by atoms with Crippen molar-refractivity contribution in [3.8, 4) is 0 Å². The van der Waals surface area contributed by atoms with Gasteiger partial charge in [-0.2, -0.15) is 0 Å². The third-order valence-electron chi connectivity index (χ3n) is 3.72. The predicted octanol–water partition coefficient (Wildman–Crippen LogP) is 4.23. The maximum Gasteiger partial charge on any atom is 0.303 e. The van der Waals surface area contributed by atoms with E-state index in [2.05, 4.69) is 0 Å². The van der Waals surface area contributed by atoms with Crippen LogP contribution in [0.4, 0.5) is 5.69 Å². The van der Waals surface area contributed by atoms with Crippen LogP contribution in [0, 0.1) is 0 Å². The summed E-state index contributed by atoms with van der Waals surface area (Å²) in [6.07, 6.45) is 0.884. The molecule has 0 atom stereocenters. The summed E-state index contributed by atoms with van der Waals surface area (Å²) in [5.74, 6) is -0.885. The summed E-state index contributed by atoms with van der Waals surface area (Å²) in [6, 6.07) is 11.4. The first kappa shape index (κ1) is 19.6. The lowest BCUT2D eigenvalue weighted by molar-refractivity contribution is -0.137. The van der Waals surface area contributed by atoms with E-state index in [1.165, 1.54) is 25.2 Å². The van der Waals surface area contributed by atoms with Crippen LogP contribution in [0.3, 0.4) is 0 Å². The topological polar surface area (TPSA) is 74.7 Å². The van der Waals surface area contributed by atoms with Crippen LogP contribution >= 0.6 is 23.2 Å². The van der Waals surface area contributed by atoms with Gasteiger partial charge >= 0.3 is 5.97 Å². The third kappa shape index (κ3) is 4.45. The summed E-state index contributed by atoms with van der Waals surface area (Å²) in [4.78, 5) is 10.6. The minimum Gasteiger partial charge on any atom is -0.481 e. The number of carbonyl (C=O) groups is 1. The number of nitrogens with zero attached hydrogens (tertiary/aromatic N) is 1. The Morgan fingerprint density at radius 2 is 1.80 bits per heavy atom. The van der Waals surface area contributed by atoms with E-state index in [-0.39, 0.29) is 21.4 Å². The summed E-state index contributed by atoms with van der Waals surface area (Å²) >= 11 is 12.0. The number of aryl methyl sites for hydroxylation is 1. The van der Waals surface area contributed by atoms with E-state index in [4.69, 9.17) is 28.3 Å². The number of halogens is 2. The zero-order valence-corrected chi connectivity index (χ0v) is 15.8. The number of rotatable bonds is 7. The number of hydrogen-bond acceptors (Lipinski definition) is 3. The van der Waals surface area contributed by atoms with Gasteiger partial charge in [0.2, 0.25) is 0 Å². The molecule has 0 unspecified atom stereocenters. The molecule has 0 aliphatic carbocycles. The van der Waals surface area contributed by atoms with Crippen molar-refractivity contribution in [1.29, 1.82) is 0 Å². The average Bonchev–Trinajstić information content (AvgIpc) is 2.56.